The van der Waals surface area contributed by atoms with Gasteiger partial charge in [-0.05, 0) is 86.4 Å². The third-order valence-electron chi connectivity index (χ3n) is 15.9. The van der Waals surface area contributed by atoms with E-state index in [1.165, 1.54) is 5.57 Å². The molecule has 0 aromatic heterocycles. The molecule has 2 saturated heterocycles. The fourth-order valence-corrected chi connectivity index (χ4v) is 12.0. The Hall–Kier alpha value is -1.33. The molecule has 0 unspecified atom stereocenters. The second kappa shape index (κ2) is 16.0. The van der Waals surface area contributed by atoms with Crippen LogP contribution >= 0.6 is 0 Å². The van der Waals surface area contributed by atoms with Crippen LogP contribution in [0.3, 0.4) is 0 Å². The SMILES string of the molecule is C/C(=C\CC[C@H](C)[C@H]1CC[C@@]2(C)[C@H]3CC=C4[C@@H](CC[C@H](O)C4(C)C)[C@]3(C)C(=O)C[C@]12C)CO[C@@H]1O[C@H](CO[C@@H]2O[C@H](CO)[C@@H](O)[C@H](O)[C@H]2O)[C@@H](O)[C@H](O)[C@H]1O. The summed E-state index contributed by atoms with van der Waals surface area (Å²) >= 11 is 0. The van der Waals surface area contributed by atoms with Crippen LogP contribution in [0.4, 0.5) is 0 Å². The first-order valence-corrected chi connectivity index (χ1v) is 20.5. The third kappa shape index (κ3) is 7.24. The second-order valence-corrected chi connectivity index (χ2v) is 19.1. The van der Waals surface area contributed by atoms with Gasteiger partial charge in [-0.2, -0.15) is 0 Å². The number of rotatable bonds is 11. The number of hydrogen-bond acceptors (Lipinski definition) is 13. The molecule has 0 radical (unpaired) electrons. The fraction of sp³-hybridized carbons (Fsp3) is 0.881. The van der Waals surface area contributed by atoms with Gasteiger partial charge >= 0.3 is 0 Å². The van der Waals surface area contributed by atoms with E-state index in [1.54, 1.807) is 0 Å². The summed E-state index contributed by atoms with van der Waals surface area (Å²) in [4.78, 5) is 14.5. The summed E-state index contributed by atoms with van der Waals surface area (Å²) in [6.45, 7) is 14.6. The molecular formula is C42H68O13. The van der Waals surface area contributed by atoms with Crippen LogP contribution in [0, 0.1) is 45.3 Å². The molecule has 2 aliphatic heterocycles. The molecule has 6 rings (SSSR count). The van der Waals surface area contributed by atoms with Crippen molar-refractivity contribution in [3.63, 3.8) is 0 Å². The average Bonchev–Trinajstić information content (AvgIpc) is 3.41. The molecule has 5 fully saturated rings. The Kier molecular flexibility index (Phi) is 12.6. The zero-order chi connectivity index (χ0) is 40.4. The first-order chi connectivity index (χ1) is 25.7. The minimum Gasteiger partial charge on any atom is -0.394 e. The maximum absolute atomic E-state index is 14.5. The minimum atomic E-state index is -1.65. The Morgan fingerprint density at radius 2 is 1.47 bits per heavy atom. The Labute approximate surface area is 325 Å². The Morgan fingerprint density at radius 1 is 0.855 bits per heavy atom. The van der Waals surface area contributed by atoms with Crippen molar-refractivity contribution in [2.45, 2.75) is 167 Å². The van der Waals surface area contributed by atoms with E-state index in [1.807, 2.05) is 6.92 Å². The standard InChI is InChI=1S/C42H68O13/c1-21(19-52-37-36(51)34(49)32(47)27(55-37)20-53-38-35(50)33(48)31(46)26(18-43)54-38)9-8-10-22(2)23-15-16-40(5)28-13-11-24-25(12-14-29(44)39(24,3)4)42(28,7)30(45)17-41(23,40)6/h9,11,22-23,25-29,31-38,43-44,46-51H,8,10,12-20H2,1-7H3/b21-9+/t22-,23+,25+,26+,27+,28+,29-,31+,32+,33-,34-,35+,36+,37+,38+,40-,41+,42-/m0/s1. The number of carbonyl (C=O) groups is 1. The lowest BCUT2D eigenvalue weighted by molar-refractivity contribution is -0.330. The van der Waals surface area contributed by atoms with E-state index >= 15 is 0 Å². The number of Topliss-reactive ketones (excluding diaryl/α,β-unsaturated/α-hetero) is 1. The van der Waals surface area contributed by atoms with Gasteiger partial charge in [0.05, 0.1) is 25.9 Å². The van der Waals surface area contributed by atoms with Crippen LogP contribution in [0.25, 0.3) is 0 Å². The lowest BCUT2D eigenvalue weighted by Gasteiger charge is -2.64. The average molecular weight is 781 g/mol. The number of aliphatic hydroxyl groups excluding tert-OH is 8. The highest BCUT2D eigenvalue weighted by Crippen LogP contribution is 2.74. The summed E-state index contributed by atoms with van der Waals surface area (Å²) in [6.07, 6.45) is -3.58. The molecule has 314 valence electrons. The monoisotopic (exact) mass is 780 g/mol. The van der Waals surface area contributed by atoms with Crippen molar-refractivity contribution < 1.29 is 64.6 Å². The molecule has 4 aliphatic carbocycles. The number of allylic oxidation sites excluding steroid dienone is 2. The first-order valence-electron chi connectivity index (χ1n) is 20.5. The third-order valence-corrected chi connectivity index (χ3v) is 15.9. The van der Waals surface area contributed by atoms with Crippen molar-refractivity contribution in [3.8, 4) is 0 Å². The van der Waals surface area contributed by atoms with Gasteiger partial charge in [0.2, 0.25) is 0 Å². The van der Waals surface area contributed by atoms with Crippen LogP contribution in [-0.4, -0.2) is 134 Å². The molecule has 0 bridgehead atoms. The summed E-state index contributed by atoms with van der Waals surface area (Å²) in [5, 5.41) is 82.4. The smallest absolute Gasteiger partial charge is 0.187 e. The van der Waals surface area contributed by atoms with E-state index in [4.69, 9.17) is 18.9 Å². The number of carbonyl (C=O) groups excluding carboxylic acids is 1. The van der Waals surface area contributed by atoms with E-state index in [9.17, 15) is 45.6 Å². The van der Waals surface area contributed by atoms with Crippen molar-refractivity contribution >= 4 is 5.78 Å². The Morgan fingerprint density at radius 3 is 2.13 bits per heavy atom. The molecule has 13 nitrogen and oxygen atoms in total. The number of ether oxygens (including phenoxy) is 4. The summed E-state index contributed by atoms with van der Waals surface area (Å²) in [5.74, 6) is 1.66. The largest absolute Gasteiger partial charge is 0.394 e. The number of ketones is 1. The van der Waals surface area contributed by atoms with Crippen molar-refractivity contribution in [2.24, 2.45) is 45.3 Å². The van der Waals surface area contributed by atoms with E-state index in [0.717, 1.165) is 50.5 Å². The lowest BCUT2D eigenvalue weighted by Crippen LogP contribution is -2.63. The van der Waals surface area contributed by atoms with E-state index in [-0.39, 0.29) is 40.8 Å². The molecule has 2 heterocycles. The fourth-order valence-electron chi connectivity index (χ4n) is 12.0. The zero-order valence-electron chi connectivity index (χ0n) is 33.7. The Balaban J connectivity index is 1.03. The minimum absolute atomic E-state index is 0.0348. The van der Waals surface area contributed by atoms with Gasteiger partial charge in [0.1, 0.15) is 54.6 Å². The number of fused-ring (bicyclic) bond motifs is 5. The molecule has 18 atom stereocenters. The van der Waals surface area contributed by atoms with Gasteiger partial charge in [-0.3, -0.25) is 4.79 Å². The topological polar surface area (TPSA) is 216 Å². The molecular weight excluding hydrogens is 712 g/mol. The van der Waals surface area contributed by atoms with Crippen molar-refractivity contribution in [3.05, 3.63) is 23.3 Å². The first kappa shape index (κ1) is 43.3. The van der Waals surface area contributed by atoms with Crippen LogP contribution in [0.5, 0.6) is 0 Å². The van der Waals surface area contributed by atoms with Crippen LogP contribution < -0.4 is 0 Å². The van der Waals surface area contributed by atoms with Gasteiger partial charge in [0.25, 0.3) is 0 Å². The van der Waals surface area contributed by atoms with Crippen LogP contribution in [0.15, 0.2) is 23.3 Å². The van der Waals surface area contributed by atoms with Crippen LogP contribution in [-0.2, 0) is 23.7 Å². The predicted octanol–water partition coefficient (Wildman–Crippen LogP) is 2.13. The van der Waals surface area contributed by atoms with Gasteiger partial charge in [-0.25, -0.2) is 0 Å². The van der Waals surface area contributed by atoms with Gasteiger partial charge in [-0.15, -0.1) is 0 Å². The maximum Gasteiger partial charge on any atom is 0.187 e. The summed E-state index contributed by atoms with van der Waals surface area (Å²) < 4.78 is 22.5. The van der Waals surface area contributed by atoms with E-state index < -0.39 is 80.0 Å². The second-order valence-electron chi connectivity index (χ2n) is 19.1. The molecule has 0 spiro atoms. The van der Waals surface area contributed by atoms with E-state index in [0.29, 0.717) is 24.0 Å². The van der Waals surface area contributed by atoms with Gasteiger partial charge in [-0.1, -0.05) is 64.8 Å². The molecule has 13 heteroatoms. The summed E-state index contributed by atoms with van der Waals surface area (Å²) in [7, 11) is 0. The zero-order valence-corrected chi connectivity index (χ0v) is 33.7. The molecule has 8 N–H and O–H groups in total. The summed E-state index contributed by atoms with van der Waals surface area (Å²) in [5.41, 5.74) is 1.40. The molecule has 0 amide bonds. The molecule has 6 aliphatic rings. The quantitative estimate of drug-likeness (QED) is 0.141. The van der Waals surface area contributed by atoms with Crippen LogP contribution in [0.1, 0.15) is 99.8 Å². The van der Waals surface area contributed by atoms with Gasteiger partial charge < -0.3 is 59.8 Å². The van der Waals surface area contributed by atoms with Crippen molar-refractivity contribution in [1.82, 2.24) is 0 Å². The van der Waals surface area contributed by atoms with Crippen molar-refractivity contribution in [1.29, 1.82) is 0 Å². The molecule has 0 aromatic carbocycles. The summed E-state index contributed by atoms with van der Waals surface area (Å²) in [6, 6.07) is 0. The highest BCUT2D eigenvalue weighted by Gasteiger charge is 2.70. The number of aliphatic hydroxyl groups is 8. The van der Waals surface area contributed by atoms with E-state index in [2.05, 4.69) is 53.7 Å². The molecule has 55 heavy (non-hydrogen) atoms. The maximum atomic E-state index is 14.5. The van der Waals surface area contributed by atoms with Crippen LogP contribution in [0.2, 0.25) is 0 Å². The van der Waals surface area contributed by atoms with Gasteiger partial charge in [0.15, 0.2) is 12.6 Å². The lowest BCUT2D eigenvalue weighted by atomic mass is 9.38. The Bertz CT molecular complexity index is 1450. The molecule has 0 aromatic rings. The predicted molar refractivity (Wildman–Crippen MR) is 200 cm³/mol. The van der Waals surface area contributed by atoms with Gasteiger partial charge in [0, 0.05) is 17.3 Å². The van der Waals surface area contributed by atoms with Crippen molar-refractivity contribution in [2.75, 3.05) is 19.8 Å². The highest BCUT2D eigenvalue weighted by molar-refractivity contribution is 5.88. The molecule has 3 saturated carbocycles. The normalized spacial score (nSPS) is 49.1. The highest BCUT2D eigenvalue weighted by atomic mass is 16.7. The number of hydrogen-bond donors (Lipinski definition) is 8.